The van der Waals surface area contributed by atoms with Crippen LogP contribution in [0.3, 0.4) is 0 Å². The van der Waals surface area contributed by atoms with Gasteiger partial charge in [-0.15, -0.1) is 0 Å². The molecule has 0 saturated heterocycles. The first-order chi connectivity index (χ1) is 7.16. The van der Waals surface area contributed by atoms with Gasteiger partial charge in [0.25, 0.3) is 0 Å². The lowest BCUT2D eigenvalue weighted by Gasteiger charge is -2.01. The molecule has 0 aromatic carbocycles. The number of fused-ring (bicyclic) bond motifs is 3. The first-order valence-electron chi connectivity index (χ1n) is 5.28. The number of hydrogen-bond acceptors (Lipinski definition) is 1. The van der Waals surface area contributed by atoms with Gasteiger partial charge in [0.15, 0.2) is 0 Å². The van der Waals surface area contributed by atoms with Crippen LogP contribution in [0.25, 0.3) is 11.1 Å². The number of aromatic nitrogens is 2. The van der Waals surface area contributed by atoms with E-state index >= 15 is 0 Å². The highest BCUT2D eigenvalue weighted by Gasteiger charge is 2.23. The summed E-state index contributed by atoms with van der Waals surface area (Å²) in [7, 11) is 2.13. The van der Waals surface area contributed by atoms with Gasteiger partial charge in [-0.05, 0) is 31.5 Å². The van der Waals surface area contributed by atoms with E-state index in [9.17, 15) is 0 Å². The summed E-state index contributed by atoms with van der Waals surface area (Å²) in [6.45, 7) is 4.25. The molecule has 2 aromatic heterocycles. The van der Waals surface area contributed by atoms with E-state index in [0.717, 1.165) is 6.42 Å². The third-order valence-corrected chi connectivity index (χ3v) is 3.33. The summed E-state index contributed by atoms with van der Waals surface area (Å²) in [5, 5.41) is 0. The lowest BCUT2D eigenvalue weighted by Crippen LogP contribution is -1.97. The van der Waals surface area contributed by atoms with Gasteiger partial charge in [0.05, 0.1) is 5.69 Å². The minimum Gasteiger partial charge on any atom is -0.351 e. The van der Waals surface area contributed by atoms with E-state index in [4.69, 9.17) is 0 Å². The lowest BCUT2D eigenvalue weighted by molar-refractivity contribution is 0.820. The Bertz CT molecular complexity index is 550. The van der Waals surface area contributed by atoms with E-state index in [1.807, 2.05) is 6.20 Å². The fourth-order valence-corrected chi connectivity index (χ4v) is 2.36. The first-order valence-corrected chi connectivity index (χ1v) is 5.28. The van der Waals surface area contributed by atoms with Crippen molar-refractivity contribution >= 4 is 0 Å². The second-order valence-electron chi connectivity index (χ2n) is 4.39. The summed E-state index contributed by atoms with van der Waals surface area (Å²) >= 11 is 0. The van der Waals surface area contributed by atoms with E-state index in [2.05, 4.69) is 42.6 Å². The Hall–Kier alpha value is -1.57. The van der Waals surface area contributed by atoms with Crippen LogP contribution >= 0.6 is 0 Å². The van der Waals surface area contributed by atoms with Crippen LogP contribution < -0.4 is 0 Å². The van der Waals surface area contributed by atoms with Crippen molar-refractivity contribution < 1.29 is 0 Å². The van der Waals surface area contributed by atoms with E-state index < -0.39 is 0 Å². The maximum Gasteiger partial charge on any atom is 0.0541 e. The summed E-state index contributed by atoms with van der Waals surface area (Å²) in [6, 6.07) is 4.51. The van der Waals surface area contributed by atoms with Crippen LogP contribution in [0.2, 0.25) is 0 Å². The molecule has 2 nitrogen and oxygen atoms in total. The topological polar surface area (TPSA) is 17.8 Å². The molecule has 0 aliphatic heterocycles. The molecule has 0 bridgehead atoms. The molecule has 0 saturated carbocycles. The van der Waals surface area contributed by atoms with Crippen molar-refractivity contribution in [3.63, 3.8) is 0 Å². The predicted molar refractivity (Wildman–Crippen MR) is 60.9 cm³/mol. The van der Waals surface area contributed by atoms with E-state index in [-0.39, 0.29) is 0 Å². The molecule has 0 fully saturated rings. The van der Waals surface area contributed by atoms with Crippen LogP contribution in [0.4, 0.5) is 0 Å². The van der Waals surface area contributed by atoms with Crippen LogP contribution in [0.1, 0.15) is 22.6 Å². The van der Waals surface area contributed by atoms with E-state index in [1.165, 1.54) is 33.8 Å². The van der Waals surface area contributed by atoms with Gasteiger partial charge in [-0.25, -0.2) is 0 Å². The van der Waals surface area contributed by atoms with Gasteiger partial charge in [-0.1, -0.05) is 0 Å². The lowest BCUT2D eigenvalue weighted by atomic mass is 10.1. The first kappa shape index (κ1) is 8.72. The Morgan fingerprint density at radius 2 is 2.00 bits per heavy atom. The summed E-state index contributed by atoms with van der Waals surface area (Å²) in [5.74, 6) is 0. The molecule has 0 N–H and O–H groups in total. The second kappa shape index (κ2) is 2.72. The molecule has 2 aromatic rings. The normalized spacial score (nSPS) is 12.7. The zero-order valence-electron chi connectivity index (χ0n) is 9.33. The number of pyridine rings is 1. The molecule has 1 aliphatic rings. The Morgan fingerprint density at radius 1 is 1.20 bits per heavy atom. The van der Waals surface area contributed by atoms with Crippen molar-refractivity contribution in [2.75, 3.05) is 0 Å². The average Bonchev–Trinajstić information content (AvgIpc) is 2.67. The largest absolute Gasteiger partial charge is 0.351 e. The zero-order valence-corrected chi connectivity index (χ0v) is 9.33. The van der Waals surface area contributed by atoms with Crippen LogP contribution in [0.5, 0.6) is 0 Å². The summed E-state index contributed by atoms with van der Waals surface area (Å²) in [4.78, 5) is 4.50. The van der Waals surface area contributed by atoms with Gasteiger partial charge in [-0.3, -0.25) is 4.98 Å². The van der Waals surface area contributed by atoms with Gasteiger partial charge >= 0.3 is 0 Å². The molecular formula is C13H14N2. The smallest absolute Gasteiger partial charge is 0.0541 e. The van der Waals surface area contributed by atoms with Crippen molar-refractivity contribution in [2.45, 2.75) is 20.3 Å². The molecule has 2 heteroatoms. The van der Waals surface area contributed by atoms with Crippen LogP contribution in [0.15, 0.2) is 18.3 Å². The van der Waals surface area contributed by atoms with Crippen LogP contribution in [-0.2, 0) is 13.5 Å². The fraction of sp³-hybridized carbons (Fsp3) is 0.308. The fourth-order valence-electron chi connectivity index (χ4n) is 2.36. The highest BCUT2D eigenvalue weighted by molar-refractivity contribution is 5.75. The highest BCUT2D eigenvalue weighted by atomic mass is 15.0. The maximum absolute atomic E-state index is 4.50. The molecule has 0 unspecified atom stereocenters. The van der Waals surface area contributed by atoms with Crippen LogP contribution in [-0.4, -0.2) is 9.55 Å². The molecule has 3 rings (SSSR count). The monoisotopic (exact) mass is 198 g/mol. The van der Waals surface area contributed by atoms with Crippen molar-refractivity contribution in [3.05, 3.63) is 41.0 Å². The Balaban J connectivity index is 2.29. The summed E-state index contributed by atoms with van der Waals surface area (Å²) in [6.07, 6.45) is 2.94. The Labute approximate surface area is 89.6 Å². The van der Waals surface area contributed by atoms with E-state index in [1.54, 1.807) is 0 Å². The number of aryl methyl sites for hydroxylation is 2. The third-order valence-electron chi connectivity index (χ3n) is 3.33. The molecule has 15 heavy (non-hydrogen) atoms. The summed E-state index contributed by atoms with van der Waals surface area (Å²) < 4.78 is 2.27. The van der Waals surface area contributed by atoms with Gasteiger partial charge in [0, 0.05) is 42.2 Å². The molecule has 1 aliphatic carbocycles. The highest BCUT2D eigenvalue weighted by Crippen LogP contribution is 2.37. The van der Waals surface area contributed by atoms with Gasteiger partial charge < -0.3 is 4.57 Å². The molecule has 76 valence electrons. The summed E-state index contributed by atoms with van der Waals surface area (Å²) in [5.41, 5.74) is 7.90. The number of nitrogens with zero attached hydrogens (tertiary/aromatic N) is 2. The molecule has 0 spiro atoms. The quantitative estimate of drug-likeness (QED) is 0.543. The van der Waals surface area contributed by atoms with Gasteiger partial charge in [0.2, 0.25) is 0 Å². The minimum absolute atomic E-state index is 0.981. The molecule has 2 heterocycles. The Morgan fingerprint density at radius 3 is 2.80 bits per heavy atom. The predicted octanol–water partition coefficient (Wildman–Crippen LogP) is 2.61. The number of rotatable bonds is 0. The molecule has 0 atom stereocenters. The molecular weight excluding hydrogens is 184 g/mol. The average molecular weight is 198 g/mol. The van der Waals surface area contributed by atoms with E-state index in [0.29, 0.717) is 0 Å². The maximum atomic E-state index is 4.50. The standard InChI is InChI=1S/C13H14N2/c1-8-4-10-11-5-9(2)15(3)13(11)6-12(10)14-7-8/h4-5,7H,6H2,1-3H3. The number of hydrogen-bond donors (Lipinski definition) is 0. The van der Waals surface area contributed by atoms with Crippen molar-refractivity contribution in [1.82, 2.24) is 9.55 Å². The van der Waals surface area contributed by atoms with Crippen LogP contribution in [0, 0.1) is 13.8 Å². The van der Waals surface area contributed by atoms with Crippen molar-refractivity contribution in [3.8, 4) is 11.1 Å². The second-order valence-corrected chi connectivity index (χ2v) is 4.39. The SMILES string of the molecule is Cc1cnc2c(c1)-c1cc(C)n(C)c1C2. The zero-order chi connectivity index (χ0) is 10.6. The molecule has 0 amide bonds. The molecule has 0 radical (unpaired) electrons. The Kier molecular flexibility index (Phi) is 1.58. The van der Waals surface area contributed by atoms with Crippen molar-refractivity contribution in [2.24, 2.45) is 7.05 Å². The van der Waals surface area contributed by atoms with Gasteiger partial charge in [0.1, 0.15) is 0 Å². The van der Waals surface area contributed by atoms with Crippen molar-refractivity contribution in [1.29, 1.82) is 0 Å². The van der Waals surface area contributed by atoms with Gasteiger partial charge in [-0.2, -0.15) is 0 Å². The third kappa shape index (κ3) is 1.08. The minimum atomic E-state index is 0.981.